The van der Waals surface area contributed by atoms with E-state index in [1.165, 1.54) is 6.07 Å². The minimum absolute atomic E-state index is 0.203. The van der Waals surface area contributed by atoms with E-state index >= 15 is 0 Å². The van der Waals surface area contributed by atoms with Gasteiger partial charge < -0.3 is 0 Å². The summed E-state index contributed by atoms with van der Waals surface area (Å²) < 4.78 is 0. The number of hydrogen-bond acceptors (Lipinski definition) is 2. The van der Waals surface area contributed by atoms with Crippen LogP contribution in [0.4, 0.5) is 5.69 Å². The highest BCUT2D eigenvalue weighted by molar-refractivity contribution is 5.40. The molecule has 0 aromatic heterocycles. The molecular weight excluding hydrogens is 178 g/mol. The van der Waals surface area contributed by atoms with Gasteiger partial charge in [-0.2, -0.15) is 0 Å². The summed E-state index contributed by atoms with van der Waals surface area (Å²) in [4.78, 5) is 10.3. The molecule has 0 bridgehead atoms. The van der Waals surface area contributed by atoms with Gasteiger partial charge in [0.1, 0.15) is 0 Å². The molecule has 0 radical (unpaired) electrons. The Morgan fingerprint density at radius 1 is 1.50 bits per heavy atom. The number of nitrogens with zero attached hydrogens (tertiary/aromatic N) is 1. The Morgan fingerprint density at radius 3 is 2.71 bits per heavy atom. The van der Waals surface area contributed by atoms with E-state index in [0.29, 0.717) is 6.42 Å². The van der Waals surface area contributed by atoms with Crippen molar-refractivity contribution in [2.24, 2.45) is 0 Å². The van der Waals surface area contributed by atoms with E-state index in [0.717, 1.165) is 17.6 Å². The molecule has 0 aliphatic rings. The lowest BCUT2D eigenvalue weighted by Gasteiger charge is -2.01. The summed E-state index contributed by atoms with van der Waals surface area (Å²) in [6.45, 7) is 5.70. The number of aryl methyl sites for hydroxylation is 1. The molecule has 0 atom stereocenters. The summed E-state index contributed by atoms with van der Waals surface area (Å²) in [5.41, 5.74) is 2.03. The minimum Gasteiger partial charge on any atom is -0.258 e. The summed E-state index contributed by atoms with van der Waals surface area (Å²) in [6.07, 6.45) is 1.48. The standard InChI is InChI=1S/C11H13NO2/c1-9(2)7-8-10-5-3-4-6-11(10)12(13)14/h3-6H,1,7-8H2,2H3. The Hall–Kier alpha value is -1.64. The first-order valence-corrected chi connectivity index (χ1v) is 4.48. The molecule has 0 unspecified atom stereocenters. The van der Waals surface area contributed by atoms with Crippen molar-refractivity contribution < 1.29 is 4.92 Å². The lowest BCUT2D eigenvalue weighted by atomic mass is 10.1. The van der Waals surface area contributed by atoms with Gasteiger partial charge in [0.05, 0.1) is 4.92 Å². The number of nitro benzene ring substituents is 1. The molecule has 0 saturated heterocycles. The maximum atomic E-state index is 10.6. The van der Waals surface area contributed by atoms with E-state index in [2.05, 4.69) is 6.58 Å². The van der Waals surface area contributed by atoms with Crippen LogP contribution in [0, 0.1) is 10.1 Å². The van der Waals surface area contributed by atoms with E-state index in [-0.39, 0.29) is 10.6 Å². The van der Waals surface area contributed by atoms with E-state index in [9.17, 15) is 10.1 Å². The van der Waals surface area contributed by atoms with Gasteiger partial charge in [-0.25, -0.2) is 0 Å². The molecule has 0 aliphatic carbocycles. The highest BCUT2D eigenvalue weighted by Crippen LogP contribution is 2.20. The molecule has 3 nitrogen and oxygen atoms in total. The third-order valence-corrected chi connectivity index (χ3v) is 2.01. The van der Waals surface area contributed by atoms with Gasteiger partial charge in [-0.15, -0.1) is 6.58 Å². The maximum absolute atomic E-state index is 10.6. The Morgan fingerprint density at radius 2 is 2.14 bits per heavy atom. The highest BCUT2D eigenvalue weighted by Gasteiger charge is 2.11. The second-order valence-electron chi connectivity index (χ2n) is 3.34. The summed E-state index contributed by atoms with van der Waals surface area (Å²) in [6, 6.07) is 6.83. The number of hydrogen-bond donors (Lipinski definition) is 0. The smallest absolute Gasteiger partial charge is 0.258 e. The van der Waals surface area contributed by atoms with Crippen LogP contribution in [0.15, 0.2) is 36.4 Å². The Labute approximate surface area is 83.2 Å². The van der Waals surface area contributed by atoms with Gasteiger partial charge in [-0.05, 0) is 19.8 Å². The third-order valence-electron chi connectivity index (χ3n) is 2.01. The zero-order chi connectivity index (χ0) is 10.6. The normalized spacial score (nSPS) is 9.79. The fourth-order valence-electron chi connectivity index (χ4n) is 1.25. The number of allylic oxidation sites excluding steroid dienone is 1. The largest absolute Gasteiger partial charge is 0.272 e. The topological polar surface area (TPSA) is 43.1 Å². The van der Waals surface area contributed by atoms with Crippen molar-refractivity contribution in [3.05, 3.63) is 52.1 Å². The second kappa shape index (κ2) is 4.56. The third kappa shape index (κ3) is 2.69. The highest BCUT2D eigenvalue weighted by atomic mass is 16.6. The van der Waals surface area contributed by atoms with Crippen LogP contribution in [0.3, 0.4) is 0 Å². The summed E-state index contributed by atoms with van der Waals surface area (Å²) in [5, 5.41) is 10.6. The summed E-state index contributed by atoms with van der Waals surface area (Å²) in [5.74, 6) is 0. The zero-order valence-corrected chi connectivity index (χ0v) is 8.19. The lowest BCUT2D eigenvalue weighted by molar-refractivity contribution is -0.385. The molecule has 0 amide bonds. The van der Waals surface area contributed by atoms with Crippen LogP contribution in [0.25, 0.3) is 0 Å². The Kier molecular flexibility index (Phi) is 3.40. The number of rotatable bonds is 4. The monoisotopic (exact) mass is 191 g/mol. The Balaban J connectivity index is 2.84. The molecule has 0 spiro atoms. The molecule has 0 saturated carbocycles. The molecule has 0 N–H and O–H groups in total. The van der Waals surface area contributed by atoms with Crippen molar-refractivity contribution in [2.75, 3.05) is 0 Å². The van der Waals surface area contributed by atoms with E-state index in [4.69, 9.17) is 0 Å². The quantitative estimate of drug-likeness (QED) is 0.417. The van der Waals surface area contributed by atoms with E-state index in [1.54, 1.807) is 12.1 Å². The SMILES string of the molecule is C=C(C)CCc1ccccc1[N+](=O)[O-]. The molecule has 1 aromatic carbocycles. The first-order valence-electron chi connectivity index (χ1n) is 4.48. The molecule has 0 fully saturated rings. The van der Waals surface area contributed by atoms with Crippen molar-refractivity contribution >= 4 is 5.69 Å². The molecule has 3 heteroatoms. The molecule has 14 heavy (non-hydrogen) atoms. The van der Waals surface area contributed by atoms with Crippen LogP contribution in [0.5, 0.6) is 0 Å². The van der Waals surface area contributed by atoms with Crippen LogP contribution in [-0.2, 0) is 6.42 Å². The van der Waals surface area contributed by atoms with Gasteiger partial charge in [0, 0.05) is 11.6 Å². The fraction of sp³-hybridized carbons (Fsp3) is 0.273. The molecule has 1 rings (SSSR count). The van der Waals surface area contributed by atoms with E-state index in [1.807, 2.05) is 13.0 Å². The predicted molar refractivity (Wildman–Crippen MR) is 56.2 cm³/mol. The average molecular weight is 191 g/mol. The van der Waals surface area contributed by atoms with Crippen LogP contribution in [-0.4, -0.2) is 4.92 Å². The fourth-order valence-corrected chi connectivity index (χ4v) is 1.25. The van der Waals surface area contributed by atoms with Crippen molar-refractivity contribution in [2.45, 2.75) is 19.8 Å². The average Bonchev–Trinajstić information content (AvgIpc) is 2.15. The van der Waals surface area contributed by atoms with Gasteiger partial charge in [-0.1, -0.05) is 23.8 Å². The molecule has 0 aliphatic heterocycles. The molecule has 74 valence electrons. The van der Waals surface area contributed by atoms with Crippen molar-refractivity contribution in [3.8, 4) is 0 Å². The van der Waals surface area contributed by atoms with Crippen molar-refractivity contribution in [3.63, 3.8) is 0 Å². The van der Waals surface area contributed by atoms with Gasteiger partial charge in [-0.3, -0.25) is 10.1 Å². The van der Waals surface area contributed by atoms with Crippen LogP contribution < -0.4 is 0 Å². The minimum atomic E-state index is -0.340. The zero-order valence-electron chi connectivity index (χ0n) is 8.19. The molecule has 1 aromatic rings. The van der Waals surface area contributed by atoms with Crippen molar-refractivity contribution in [1.82, 2.24) is 0 Å². The second-order valence-corrected chi connectivity index (χ2v) is 3.34. The number of nitro groups is 1. The first-order chi connectivity index (χ1) is 6.61. The van der Waals surface area contributed by atoms with Crippen molar-refractivity contribution in [1.29, 1.82) is 0 Å². The van der Waals surface area contributed by atoms with Crippen LogP contribution in [0.1, 0.15) is 18.9 Å². The maximum Gasteiger partial charge on any atom is 0.272 e. The van der Waals surface area contributed by atoms with Crippen LogP contribution in [0.2, 0.25) is 0 Å². The van der Waals surface area contributed by atoms with Crippen LogP contribution >= 0.6 is 0 Å². The van der Waals surface area contributed by atoms with Gasteiger partial charge in [0.15, 0.2) is 0 Å². The molecule has 0 heterocycles. The first kappa shape index (κ1) is 10.4. The number of benzene rings is 1. The lowest BCUT2D eigenvalue weighted by Crippen LogP contribution is -1.95. The summed E-state index contributed by atoms with van der Waals surface area (Å²) in [7, 11) is 0. The van der Waals surface area contributed by atoms with Gasteiger partial charge in [0.2, 0.25) is 0 Å². The van der Waals surface area contributed by atoms with Gasteiger partial charge >= 0.3 is 0 Å². The molecular formula is C11H13NO2. The van der Waals surface area contributed by atoms with E-state index < -0.39 is 0 Å². The Bertz CT molecular complexity index is 358. The van der Waals surface area contributed by atoms with Gasteiger partial charge in [0.25, 0.3) is 5.69 Å². The predicted octanol–water partition coefficient (Wildman–Crippen LogP) is 3.10. The summed E-state index contributed by atoms with van der Waals surface area (Å²) >= 11 is 0. The number of para-hydroxylation sites is 1.